The van der Waals surface area contributed by atoms with Crippen molar-refractivity contribution in [2.45, 2.75) is 25.0 Å². The SMILES string of the molecule is c1ncn(C2CC2)c1C1CO1. The van der Waals surface area contributed by atoms with E-state index in [0.717, 1.165) is 12.6 Å². The van der Waals surface area contributed by atoms with Crippen LogP contribution in [0.25, 0.3) is 0 Å². The van der Waals surface area contributed by atoms with Crippen LogP contribution in [-0.2, 0) is 4.74 Å². The van der Waals surface area contributed by atoms with E-state index in [1.165, 1.54) is 18.5 Å². The van der Waals surface area contributed by atoms with Gasteiger partial charge >= 0.3 is 0 Å². The molecule has 0 N–H and O–H groups in total. The van der Waals surface area contributed by atoms with Gasteiger partial charge in [0.1, 0.15) is 6.10 Å². The van der Waals surface area contributed by atoms with Crippen molar-refractivity contribution in [3.05, 3.63) is 18.2 Å². The molecule has 1 saturated heterocycles. The highest BCUT2D eigenvalue weighted by molar-refractivity contribution is 5.10. The lowest BCUT2D eigenvalue weighted by atomic mass is 10.3. The summed E-state index contributed by atoms with van der Waals surface area (Å²) >= 11 is 0. The molecule has 0 spiro atoms. The molecular weight excluding hydrogens is 140 g/mol. The smallest absolute Gasteiger partial charge is 0.122 e. The molecule has 1 atom stereocenters. The summed E-state index contributed by atoms with van der Waals surface area (Å²) in [5, 5.41) is 0. The Kier molecular flexibility index (Phi) is 0.973. The van der Waals surface area contributed by atoms with Crippen LogP contribution in [0.4, 0.5) is 0 Å². The first-order valence-electron chi connectivity index (χ1n) is 4.08. The van der Waals surface area contributed by atoms with Crippen molar-refractivity contribution in [1.82, 2.24) is 9.55 Å². The number of epoxide rings is 1. The number of aromatic nitrogens is 2. The van der Waals surface area contributed by atoms with E-state index in [4.69, 9.17) is 4.74 Å². The molecule has 1 aromatic rings. The zero-order valence-corrected chi connectivity index (χ0v) is 6.23. The van der Waals surface area contributed by atoms with Gasteiger partial charge in [-0.25, -0.2) is 4.98 Å². The number of hydrogen-bond donors (Lipinski definition) is 0. The summed E-state index contributed by atoms with van der Waals surface area (Å²) in [6.45, 7) is 0.887. The molecule has 1 aromatic heterocycles. The Hall–Kier alpha value is -0.830. The second-order valence-corrected chi connectivity index (χ2v) is 3.28. The van der Waals surface area contributed by atoms with E-state index in [-0.39, 0.29) is 0 Å². The standard InChI is InChI=1S/C8H10N2O/c1-2-6(1)10-5-9-3-7(10)8-4-11-8/h3,5-6,8H,1-2,4H2. The zero-order chi connectivity index (χ0) is 7.26. The van der Waals surface area contributed by atoms with Crippen molar-refractivity contribution in [2.24, 2.45) is 0 Å². The molecule has 1 aliphatic heterocycles. The zero-order valence-electron chi connectivity index (χ0n) is 6.23. The third-order valence-electron chi connectivity index (χ3n) is 2.30. The largest absolute Gasteiger partial charge is 0.366 e. The van der Waals surface area contributed by atoms with E-state index < -0.39 is 0 Å². The number of nitrogens with zero attached hydrogens (tertiary/aromatic N) is 2. The van der Waals surface area contributed by atoms with E-state index in [0.29, 0.717) is 6.10 Å². The first kappa shape index (κ1) is 5.77. The van der Waals surface area contributed by atoms with Crippen molar-refractivity contribution in [1.29, 1.82) is 0 Å². The Morgan fingerprint density at radius 2 is 2.36 bits per heavy atom. The third kappa shape index (κ3) is 0.878. The highest BCUT2D eigenvalue weighted by atomic mass is 16.6. The molecule has 3 heteroatoms. The van der Waals surface area contributed by atoms with Gasteiger partial charge in [0.25, 0.3) is 0 Å². The topological polar surface area (TPSA) is 30.4 Å². The Morgan fingerprint density at radius 1 is 1.55 bits per heavy atom. The summed E-state index contributed by atoms with van der Waals surface area (Å²) in [5.41, 5.74) is 1.27. The van der Waals surface area contributed by atoms with Gasteiger partial charge < -0.3 is 9.30 Å². The molecular formula is C8H10N2O. The molecule has 58 valence electrons. The van der Waals surface area contributed by atoms with Crippen LogP contribution in [0.1, 0.15) is 30.7 Å². The van der Waals surface area contributed by atoms with Crippen LogP contribution < -0.4 is 0 Å². The van der Waals surface area contributed by atoms with Crippen molar-refractivity contribution >= 4 is 0 Å². The number of ether oxygens (including phenoxy) is 1. The molecule has 2 aliphatic rings. The monoisotopic (exact) mass is 150 g/mol. The molecule has 0 bridgehead atoms. The molecule has 3 rings (SSSR count). The molecule has 2 fully saturated rings. The van der Waals surface area contributed by atoms with E-state index in [9.17, 15) is 0 Å². The number of hydrogen-bond acceptors (Lipinski definition) is 2. The Morgan fingerprint density at radius 3 is 3.00 bits per heavy atom. The maximum Gasteiger partial charge on any atom is 0.122 e. The quantitative estimate of drug-likeness (QED) is 0.595. The summed E-state index contributed by atoms with van der Waals surface area (Å²) < 4.78 is 7.47. The average molecular weight is 150 g/mol. The van der Waals surface area contributed by atoms with E-state index >= 15 is 0 Å². The predicted molar refractivity (Wildman–Crippen MR) is 39.2 cm³/mol. The maximum absolute atomic E-state index is 5.21. The van der Waals surface area contributed by atoms with Gasteiger partial charge in [-0.2, -0.15) is 0 Å². The molecule has 1 aliphatic carbocycles. The molecule has 1 saturated carbocycles. The number of rotatable bonds is 2. The van der Waals surface area contributed by atoms with Gasteiger partial charge in [-0.05, 0) is 12.8 Å². The van der Waals surface area contributed by atoms with Gasteiger partial charge in [-0.3, -0.25) is 0 Å². The van der Waals surface area contributed by atoms with Crippen LogP contribution in [0.15, 0.2) is 12.5 Å². The average Bonchev–Trinajstić information content (AvgIpc) is 2.91. The summed E-state index contributed by atoms with van der Waals surface area (Å²) in [4.78, 5) is 4.13. The van der Waals surface area contributed by atoms with Crippen molar-refractivity contribution < 1.29 is 4.74 Å². The second-order valence-electron chi connectivity index (χ2n) is 3.28. The minimum Gasteiger partial charge on any atom is -0.366 e. The first-order chi connectivity index (χ1) is 5.45. The van der Waals surface area contributed by atoms with Crippen LogP contribution in [0.3, 0.4) is 0 Å². The maximum atomic E-state index is 5.21. The molecule has 0 radical (unpaired) electrons. The molecule has 11 heavy (non-hydrogen) atoms. The lowest BCUT2D eigenvalue weighted by molar-refractivity contribution is 0.404. The fraction of sp³-hybridized carbons (Fsp3) is 0.625. The highest BCUT2D eigenvalue weighted by Gasteiger charge is 2.33. The number of imidazole rings is 1. The fourth-order valence-electron chi connectivity index (χ4n) is 1.44. The first-order valence-corrected chi connectivity index (χ1v) is 4.08. The minimum absolute atomic E-state index is 0.359. The van der Waals surface area contributed by atoms with Crippen molar-refractivity contribution in [2.75, 3.05) is 6.61 Å². The molecule has 2 heterocycles. The van der Waals surface area contributed by atoms with Crippen LogP contribution in [0.5, 0.6) is 0 Å². The minimum atomic E-state index is 0.359. The Labute approximate surface area is 65.0 Å². The van der Waals surface area contributed by atoms with E-state index in [1.807, 2.05) is 12.5 Å². The van der Waals surface area contributed by atoms with Gasteiger partial charge in [0.15, 0.2) is 0 Å². The lowest BCUT2D eigenvalue weighted by Gasteiger charge is -2.01. The highest BCUT2D eigenvalue weighted by Crippen LogP contribution is 2.39. The van der Waals surface area contributed by atoms with Crippen LogP contribution >= 0.6 is 0 Å². The van der Waals surface area contributed by atoms with Crippen molar-refractivity contribution in [3.63, 3.8) is 0 Å². The van der Waals surface area contributed by atoms with Crippen LogP contribution in [0, 0.1) is 0 Å². The van der Waals surface area contributed by atoms with Crippen molar-refractivity contribution in [3.8, 4) is 0 Å². The van der Waals surface area contributed by atoms with Crippen LogP contribution in [0.2, 0.25) is 0 Å². The molecule has 0 aromatic carbocycles. The molecule has 0 amide bonds. The van der Waals surface area contributed by atoms with Gasteiger partial charge in [0.05, 0.1) is 24.8 Å². The lowest BCUT2D eigenvalue weighted by Crippen LogP contribution is -1.96. The van der Waals surface area contributed by atoms with Gasteiger partial charge in [-0.1, -0.05) is 0 Å². The van der Waals surface area contributed by atoms with E-state index in [1.54, 1.807) is 0 Å². The Balaban J connectivity index is 1.98. The summed E-state index contributed by atoms with van der Waals surface area (Å²) in [6, 6.07) is 0.733. The molecule has 1 unspecified atom stereocenters. The van der Waals surface area contributed by atoms with Gasteiger partial charge in [0, 0.05) is 6.04 Å². The van der Waals surface area contributed by atoms with Gasteiger partial charge in [0.2, 0.25) is 0 Å². The normalized spacial score (nSPS) is 28.9. The van der Waals surface area contributed by atoms with Crippen LogP contribution in [-0.4, -0.2) is 16.2 Å². The van der Waals surface area contributed by atoms with Gasteiger partial charge in [-0.15, -0.1) is 0 Å². The second kappa shape index (κ2) is 1.85. The summed E-state index contributed by atoms with van der Waals surface area (Å²) in [7, 11) is 0. The predicted octanol–water partition coefficient (Wildman–Crippen LogP) is 1.29. The third-order valence-corrected chi connectivity index (χ3v) is 2.30. The fourth-order valence-corrected chi connectivity index (χ4v) is 1.44. The Bertz CT molecular complexity index is 247. The molecule has 3 nitrogen and oxygen atoms in total. The van der Waals surface area contributed by atoms with E-state index in [2.05, 4.69) is 9.55 Å². The summed E-state index contributed by atoms with van der Waals surface area (Å²) in [6.07, 6.45) is 6.84. The summed E-state index contributed by atoms with van der Waals surface area (Å²) in [5.74, 6) is 0.